The zero-order valence-electron chi connectivity index (χ0n) is 24.6. The molecule has 0 bridgehead atoms. The van der Waals surface area contributed by atoms with Crippen LogP contribution in [0, 0.1) is 0 Å². The predicted octanol–water partition coefficient (Wildman–Crippen LogP) is 12.6. The van der Waals surface area contributed by atoms with Gasteiger partial charge < -0.3 is 4.42 Å². The second-order valence-electron chi connectivity index (χ2n) is 11.7. The second kappa shape index (κ2) is 10.4. The Labute approximate surface area is 261 Å². The van der Waals surface area contributed by atoms with Gasteiger partial charge in [0, 0.05) is 10.8 Å². The highest BCUT2D eigenvalue weighted by Gasteiger charge is 2.17. The Kier molecular flexibility index (Phi) is 5.89. The zero-order valence-corrected chi connectivity index (χ0v) is 24.6. The fourth-order valence-corrected chi connectivity index (χ4v) is 6.95. The second-order valence-corrected chi connectivity index (χ2v) is 11.7. The van der Waals surface area contributed by atoms with E-state index in [-0.39, 0.29) is 0 Å². The SMILES string of the molecule is c1ccc(-c2c3ccccc3c(-c3ccccc3)c3cc(-c4ccc(-c5ccc6oc7ccccc7c6c5)cc4)ccc23)cc1. The minimum absolute atomic E-state index is 0.921. The molecule has 0 N–H and O–H groups in total. The standard InChI is InChI=1S/C44H28O/c1-3-11-31(12-4-1)43-36-16-7-8-17-37(36)44(32-13-5-2-6-14-32)40-28-33(23-25-38(40)43)29-19-21-30(22-20-29)34-24-26-42-39(27-34)35-15-9-10-18-41(35)45-42/h1-28H. The molecule has 9 rings (SSSR count). The van der Waals surface area contributed by atoms with Gasteiger partial charge in [-0.2, -0.15) is 0 Å². The smallest absolute Gasteiger partial charge is 0.135 e. The van der Waals surface area contributed by atoms with E-state index in [2.05, 4.69) is 158 Å². The Hall–Kier alpha value is -5.92. The first-order chi connectivity index (χ1) is 22.3. The highest BCUT2D eigenvalue weighted by Crippen LogP contribution is 2.45. The molecule has 0 amide bonds. The van der Waals surface area contributed by atoms with Crippen LogP contribution in [0.25, 0.3) is 88.0 Å². The van der Waals surface area contributed by atoms with E-state index in [1.54, 1.807) is 0 Å². The maximum atomic E-state index is 6.06. The number of hydrogen-bond acceptors (Lipinski definition) is 1. The molecule has 0 spiro atoms. The van der Waals surface area contributed by atoms with Crippen molar-refractivity contribution in [2.45, 2.75) is 0 Å². The Morgan fingerprint density at radius 2 is 0.667 bits per heavy atom. The quantitative estimate of drug-likeness (QED) is 0.191. The first-order valence-electron chi connectivity index (χ1n) is 15.4. The summed E-state index contributed by atoms with van der Waals surface area (Å²) >= 11 is 0. The Bertz CT molecular complexity index is 2500. The van der Waals surface area contributed by atoms with Gasteiger partial charge in [0.15, 0.2) is 0 Å². The molecule has 1 heteroatoms. The summed E-state index contributed by atoms with van der Waals surface area (Å²) in [6, 6.07) is 61.1. The number of fused-ring (bicyclic) bond motifs is 5. The van der Waals surface area contributed by atoms with E-state index in [1.807, 2.05) is 12.1 Å². The van der Waals surface area contributed by atoms with Crippen LogP contribution in [0.3, 0.4) is 0 Å². The third kappa shape index (κ3) is 4.24. The van der Waals surface area contributed by atoms with Crippen molar-refractivity contribution in [3.8, 4) is 44.5 Å². The summed E-state index contributed by atoms with van der Waals surface area (Å²) < 4.78 is 6.06. The summed E-state index contributed by atoms with van der Waals surface area (Å²) in [5.74, 6) is 0. The van der Waals surface area contributed by atoms with Crippen molar-refractivity contribution in [1.29, 1.82) is 0 Å². The molecular weight excluding hydrogens is 544 g/mol. The number of para-hydroxylation sites is 1. The molecule has 45 heavy (non-hydrogen) atoms. The van der Waals surface area contributed by atoms with Gasteiger partial charge in [0.25, 0.3) is 0 Å². The Balaban J connectivity index is 1.21. The van der Waals surface area contributed by atoms with Crippen molar-refractivity contribution >= 4 is 43.5 Å². The van der Waals surface area contributed by atoms with Crippen LogP contribution < -0.4 is 0 Å². The van der Waals surface area contributed by atoms with Crippen molar-refractivity contribution in [3.63, 3.8) is 0 Å². The molecule has 9 aromatic rings. The van der Waals surface area contributed by atoms with Gasteiger partial charge in [-0.1, -0.05) is 146 Å². The largest absolute Gasteiger partial charge is 0.456 e. The summed E-state index contributed by atoms with van der Waals surface area (Å²) in [6.07, 6.45) is 0. The summed E-state index contributed by atoms with van der Waals surface area (Å²) in [6.45, 7) is 0. The number of benzene rings is 8. The highest BCUT2D eigenvalue weighted by atomic mass is 16.3. The van der Waals surface area contributed by atoms with Crippen molar-refractivity contribution in [2.24, 2.45) is 0 Å². The van der Waals surface area contributed by atoms with Crippen LogP contribution in [0.2, 0.25) is 0 Å². The van der Waals surface area contributed by atoms with Gasteiger partial charge in [0.2, 0.25) is 0 Å². The lowest BCUT2D eigenvalue weighted by Gasteiger charge is -2.18. The average molecular weight is 573 g/mol. The van der Waals surface area contributed by atoms with Gasteiger partial charge in [0.1, 0.15) is 11.2 Å². The molecule has 0 radical (unpaired) electrons. The first kappa shape index (κ1) is 25.6. The topological polar surface area (TPSA) is 13.1 Å². The van der Waals surface area contributed by atoms with E-state index in [9.17, 15) is 0 Å². The molecule has 0 unspecified atom stereocenters. The molecule has 0 fully saturated rings. The first-order valence-corrected chi connectivity index (χ1v) is 15.4. The molecule has 0 saturated heterocycles. The average Bonchev–Trinajstić information content (AvgIpc) is 3.49. The van der Waals surface area contributed by atoms with Crippen LogP contribution in [-0.4, -0.2) is 0 Å². The maximum Gasteiger partial charge on any atom is 0.135 e. The fraction of sp³-hybridized carbons (Fsp3) is 0. The lowest BCUT2D eigenvalue weighted by Crippen LogP contribution is -1.91. The Morgan fingerprint density at radius 3 is 1.29 bits per heavy atom. The van der Waals surface area contributed by atoms with E-state index in [4.69, 9.17) is 4.42 Å². The summed E-state index contributed by atoms with van der Waals surface area (Å²) in [5.41, 5.74) is 11.6. The van der Waals surface area contributed by atoms with Gasteiger partial charge >= 0.3 is 0 Å². The molecule has 1 nitrogen and oxygen atoms in total. The van der Waals surface area contributed by atoms with Gasteiger partial charge in [0.05, 0.1) is 0 Å². The van der Waals surface area contributed by atoms with Gasteiger partial charge in [-0.15, -0.1) is 0 Å². The van der Waals surface area contributed by atoms with Crippen LogP contribution in [-0.2, 0) is 0 Å². The number of rotatable bonds is 4. The van der Waals surface area contributed by atoms with E-state index >= 15 is 0 Å². The molecule has 1 aromatic heterocycles. The minimum Gasteiger partial charge on any atom is -0.456 e. The van der Waals surface area contributed by atoms with Crippen molar-refractivity contribution < 1.29 is 4.42 Å². The van der Waals surface area contributed by atoms with Gasteiger partial charge in [-0.25, -0.2) is 0 Å². The van der Waals surface area contributed by atoms with Crippen LogP contribution in [0.5, 0.6) is 0 Å². The van der Waals surface area contributed by atoms with E-state index in [1.165, 1.54) is 66.1 Å². The third-order valence-corrected chi connectivity index (χ3v) is 9.08. The fourth-order valence-electron chi connectivity index (χ4n) is 6.95. The Morgan fingerprint density at radius 1 is 0.244 bits per heavy atom. The molecule has 0 atom stereocenters. The molecule has 8 aromatic carbocycles. The normalized spacial score (nSPS) is 11.6. The molecular formula is C44H28O. The molecule has 1 heterocycles. The van der Waals surface area contributed by atoms with E-state index in [0.717, 1.165) is 21.9 Å². The van der Waals surface area contributed by atoms with Crippen molar-refractivity contribution in [3.05, 3.63) is 170 Å². The third-order valence-electron chi connectivity index (χ3n) is 9.08. The number of furan rings is 1. The van der Waals surface area contributed by atoms with E-state index < -0.39 is 0 Å². The summed E-state index contributed by atoms with van der Waals surface area (Å²) in [4.78, 5) is 0. The molecule has 0 aliphatic carbocycles. The van der Waals surface area contributed by atoms with Crippen LogP contribution in [0.4, 0.5) is 0 Å². The van der Waals surface area contributed by atoms with Crippen LogP contribution in [0.1, 0.15) is 0 Å². The molecule has 0 aliphatic heterocycles. The van der Waals surface area contributed by atoms with Crippen LogP contribution >= 0.6 is 0 Å². The number of hydrogen-bond donors (Lipinski definition) is 0. The molecule has 210 valence electrons. The lowest BCUT2D eigenvalue weighted by molar-refractivity contribution is 0.669. The van der Waals surface area contributed by atoms with Crippen molar-refractivity contribution in [1.82, 2.24) is 0 Å². The van der Waals surface area contributed by atoms with Gasteiger partial charge in [-0.05, 0) is 90.3 Å². The monoisotopic (exact) mass is 572 g/mol. The zero-order chi connectivity index (χ0) is 29.7. The predicted molar refractivity (Wildman–Crippen MR) is 190 cm³/mol. The summed E-state index contributed by atoms with van der Waals surface area (Å²) in [5, 5.41) is 7.37. The van der Waals surface area contributed by atoms with Crippen molar-refractivity contribution in [2.75, 3.05) is 0 Å². The maximum absolute atomic E-state index is 6.06. The molecule has 0 saturated carbocycles. The summed E-state index contributed by atoms with van der Waals surface area (Å²) in [7, 11) is 0. The van der Waals surface area contributed by atoms with Crippen LogP contribution in [0.15, 0.2) is 174 Å². The minimum atomic E-state index is 0.921. The highest BCUT2D eigenvalue weighted by molar-refractivity contribution is 6.22. The van der Waals surface area contributed by atoms with Gasteiger partial charge in [-0.3, -0.25) is 0 Å². The lowest BCUT2D eigenvalue weighted by atomic mass is 9.85. The molecule has 0 aliphatic rings. The van der Waals surface area contributed by atoms with E-state index in [0.29, 0.717) is 0 Å².